The molecule has 0 spiro atoms. The highest BCUT2D eigenvalue weighted by atomic mass is 35.5. The van der Waals surface area contributed by atoms with Crippen molar-refractivity contribution in [2.75, 3.05) is 6.61 Å². The zero-order valence-electron chi connectivity index (χ0n) is 8.31. The number of halogens is 3. The van der Waals surface area contributed by atoms with Crippen LogP contribution in [0.1, 0.15) is 12.5 Å². The standard InChI is InChI=1S/C11H7Cl3O2/c1-2-16-10(15)4-3-7-5-8(12)11(14)9(13)6-7/h5-6H,2H2,1H3. The Kier molecular flexibility index (Phi) is 4.95. The average molecular weight is 278 g/mol. The predicted octanol–water partition coefficient (Wildman–Crippen LogP) is 3.56. The third kappa shape index (κ3) is 3.61. The second-order valence-electron chi connectivity index (χ2n) is 2.72. The van der Waals surface area contributed by atoms with Crippen LogP contribution < -0.4 is 0 Å². The molecular formula is C11H7Cl3O2. The number of benzene rings is 1. The van der Waals surface area contributed by atoms with Gasteiger partial charge in [-0.1, -0.05) is 40.7 Å². The molecule has 84 valence electrons. The van der Waals surface area contributed by atoms with Crippen molar-refractivity contribution in [3.63, 3.8) is 0 Å². The molecule has 0 radical (unpaired) electrons. The van der Waals surface area contributed by atoms with E-state index in [4.69, 9.17) is 34.8 Å². The predicted molar refractivity (Wildman–Crippen MR) is 65.0 cm³/mol. The Bertz CT molecular complexity index is 449. The van der Waals surface area contributed by atoms with Crippen LogP contribution in [0, 0.1) is 11.8 Å². The summed E-state index contributed by atoms with van der Waals surface area (Å²) >= 11 is 17.3. The van der Waals surface area contributed by atoms with Crippen LogP contribution in [0.5, 0.6) is 0 Å². The van der Waals surface area contributed by atoms with Crippen molar-refractivity contribution in [3.05, 3.63) is 32.8 Å². The van der Waals surface area contributed by atoms with Crippen molar-refractivity contribution in [1.82, 2.24) is 0 Å². The van der Waals surface area contributed by atoms with Crippen LogP contribution in [0.4, 0.5) is 0 Å². The van der Waals surface area contributed by atoms with Crippen molar-refractivity contribution in [3.8, 4) is 11.8 Å². The highest BCUT2D eigenvalue weighted by Crippen LogP contribution is 2.30. The lowest BCUT2D eigenvalue weighted by Gasteiger charge is -1.99. The minimum Gasteiger partial charge on any atom is -0.456 e. The van der Waals surface area contributed by atoms with Gasteiger partial charge in [0.2, 0.25) is 0 Å². The van der Waals surface area contributed by atoms with E-state index >= 15 is 0 Å². The number of hydrogen-bond donors (Lipinski definition) is 0. The third-order valence-corrected chi connectivity index (χ3v) is 2.76. The first kappa shape index (κ1) is 13.2. The van der Waals surface area contributed by atoms with Crippen molar-refractivity contribution in [2.24, 2.45) is 0 Å². The molecule has 0 aliphatic rings. The fourth-order valence-corrected chi connectivity index (χ4v) is 1.51. The van der Waals surface area contributed by atoms with Gasteiger partial charge in [-0.05, 0) is 19.1 Å². The summed E-state index contributed by atoms with van der Waals surface area (Å²) in [4.78, 5) is 11.0. The third-order valence-electron chi connectivity index (χ3n) is 1.57. The van der Waals surface area contributed by atoms with Crippen LogP contribution in [-0.2, 0) is 9.53 Å². The van der Waals surface area contributed by atoms with Crippen molar-refractivity contribution in [2.45, 2.75) is 6.92 Å². The van der Waals surface area contributed by atoms with Crippen LogP contribution in [0.15, 0.2) is 12.1 Å². The Labute approximate surface area is 108 Å². The molecule has 0 saturated heterocycles. The Morgan fingerprint density at radius 3 is 2.38 bits per heavy atom. The molecule has 1 aromatic carbocycles. The van der Waals surface area contributed by atoms with Gasteiger partial charge in [0, 0.05) is 11.5 Å². The van der Waals surface area contributed by atoms with E-state index in [0.717, 1.165) is 0 Å². The van der Waals surface area contributed by atoms with Gasteiger partial charge < -0.3 is 4.74 Å². The summed E-state index contributed by atoms with van der Waals surface area (Å²) in [6.07, 6.45) is 0. The molecule has 0 heterocycles. The van der Waals surface area contributed by atoms with Crippen molar-refractivity contribution in [1.29, 1.82) is 0 Å². The Hall–Kier alpha value is -0.880. The molecule has 0 N–H and O–H groups in total. The topological polar surface area (TPSA) is 26.3 Å². The quantitative estimate of drug-likeness (QED) is 0.446. The van der Waals surface area contributed by atoms with E-state index in [2.05, 4.69) is 16.6 Å². The van der Waals surface area contributed by atoms with Gasteiger partial charge in [0.05, 0.1) is 21.7 Å². The highest BCUT2D eigenvalue weighted by Gasteiger charge is 2.04. The molecule has 0 amide bonds. The second kappa shape index (κ2) is 6.00. The van der Waals surface area contributed by atoms with Gasteiger partial charge in [-0.25, -0.2) is 4.79 Å². The minimum absolute atomic E-state index is 0.269. The molecule has 0 saturated carbocycles. The van der Waals surface area contributed by atoms with Gasteiger partial charge in [-0.2, -0.15) is 0 Å². The number of ether oxygens (including phenoxy) is 1. The molecule has 0 fully saturated rings. The zero-order valence-corrected chi connectivity index (χ0v) is 10.6. The second-order valence-corrected chi connectivity index (χ2v) is 3.92. The number of carbonyl (C=O) groups is 1. The molecule has 16 heavy (non-hydrogen) atoms. The molecule has 0 aliphatic carbocycles. The van der Waals surface area contributed by atoms with E-state index in [1.165, 1.54) is 12.1 Å². The van der Waals surface area contributed by atoms with Gasteiger partial charge in [-0.15, -0.1) is 0 Å². The largest absolute Gasteiger partial charge is 0.456 e. The minimum atomic E-state index is -0.593. The maximum Gasteiger partial charge on any atom is 0.384 e. The zero-order chi connectivity index (χ0) is 12.1. The molecule has 1 aromatic rings. The Morgan fingerprint density at radius 2 is 1.88 bits per heavy atom. The molecule has 0 aromatic heterocycles. The summed E-state index contributed by atoms with van der Waals surface area (Å²) in [6, 6.07) is 3.06. The first-order valence-corrected chi connectivity index (χ1v) is 5.51. The highest BCUT2D eigenvalue weighted by molar-refractivity contribution is 6.48. The lowest BCUT2D eigenvalue weighted by Crippen LogP contribution is -1.99. The van der Waals surface area contributed by atoms with Crippen molar-refractivity contribution >= 4 is 40.8 Å². The van der Waals surface area contributed by atoms with E-state index in [0.29, 0.717) is 15.6 Å². The smallest absolute Gasteiger partial charge is 0.384 e. The molecule has 5 heteroatoms. The molecular weight excluding hydrogens is 270 g/mol. The number of hydrogen-bond acceptors (Lipinski definition) is 2. The first-order chi connectivity index (χ1) is 7.54. The molecule has 0 aliphatic heterocycles. The van der Waals surface area contributed by atoms with Gasteiger partial charge in [0.15, 0.2) is 0 Å². The lowest BCUT2D eigenvalue weighted by atomic mass is 10.2. The first-order valence-electron chi connectivity index (χ1n) is 4.38. The average Bonchev–Trinajstić information content (AvgIpc) is 2.23. The van der Waals surface area contributed by atoms with Crippen LogP contribution in [0.2, 0.25) is 15.1 Å². The van der Waals surface area contributed by atoms with E-state index in [-0.39, 0.29) is 11.6 Å². The van der Waals surface area contributed by atoms with Crippen LogP contribution in [0.3, 0.4) is 0 Å². The molecule has 1 rings (SSSR count). The van der Waals surface area contributed by atoms with E-state index in [1.54, 1.807) is 6.92 Å². The Morgan fingerprint density at radius 1 is 1.31 bits per heavy atom. The molecule has 0 unspecified atom stereocenters. The normalized spacial score (nSPS) is 9.25. The van der Waals surface area contributed by atoms with E-state index in [1.807, 2.05) is 0 Å². The molecule has 2 nitrogen and oxygen atoms in total. The lowest BCUT2D eigenvalue weighted by molar-refractivity contribution is -0.136. The summed E-state index contributed by atoms with van der Waals surface area (Å²) in [6.45, 7) is 1.99. The van der Waals surface area contributed by atoms with Crippen LogP contribution in [-0.4, -0.2) is 12.6 Å². The van der Waals surface area contributed by atoms with Crippen LogP contribution in [0.25, 0.3) is 0 Å². The summed E-state index contributed by atoms with van der Waals surface area (Å²) in [5.74, 6) is 4.30. The SMILES string of the molecule is CCOC(=O)C#Cc1cc(Cl)c(Cl)c(Cl)c1. The number of carbonyl (C=O) groups excluding carboxylic acids is 1. The maximum atomic E-state index is 11.0. The van der Waals surface area contributed by atoms with E-state index < -0.39 is 5.97 Å². The summed E-state index contributed by atoms with van der Waals surface area (Å²) in [5.41, 5.74) is 0.507. The van der Waals surface area contributed by atoms with Crippen molar-refractivity contribution < 1.29 is 9.53 Å². The summed E-state index contributed by atoms with van der Waals surface area (Å²) in [7, 11) is 0. The fourth-order valence-electron chi connectivity index (χ4n) is 0.918. The summed E-state index contributed by atoms with van der Waals surface area (Å²) in [5, 5.41) is 0.856. The molecule has 0 atom stereocenters. The van der Waals surface area contributed by atoms with Gasteiger partial charge in [0.25, 0.3) is 0 Å². The molecule has 0 bridgehead atoms. The van der Waals surface area contributed by atoms with E-state index in [9.17, 15) is 4.79 Å². The Balaban J connectivity index is 2.94. The maximum absolute atomic E-state index is 11.0. The summed E-state index contributed by atoms with van der Waals surface area (Å²) < 4.78 is 4.64. The number of esters is 1. The number of rotatable bonds is 1. The fraction of sp³-hybridized carbons (Fsp3) is 0.182. The van der Waals surface area contributed by atoms with Gasteiger partial charge in [0.1, 0.15) is 0 Å². The van der Waals surface area contributed by atoms with Crippen LogP contribution >= 0.6 is 34.8 Å². The van der Waals surface area contributed by atoms with Gasteiger partial charge in [-0.3, -0.25) is 0 Å². The monoisotopic (exact) mass is 276 g/mol. The van der Waals surface area contributed by atoms with Gasteiger partial charge >= 0.3 is 5.97 Å².